The van der Waals surface area contributed by atoms with Gasteiger partial charge in [-0.25, -0.2) is 0 Å². The fourth-order valence-electron chi connectivity index (χ4n) is 2.45. The van der Waals surface area contributed by atoms with Crippen molar-refractivity contribution in [3.63, 3.8) is 0 Å². The van der Waals surface area contributed by atoms with E-state index in [0.717, 1.165) is 5.56 Å². The van der Waals surface area contributed by atoms with Crippen LogP contribution in [0.4, 0.5) is 5.69 Å². The third kappa shape index (κ3) is 5.97. The standard InChI is InChI=1S/C21H27N3O4/c1-13(2)18(24-20(26)17-6-5-11-28-17)21(27)22-12-15-7-9-16(10-8-15)23-19(25)14(3)4/h5-11,13-14,18H,12H2,1-4H3,(H,22,27)(H,23,25)(H,24,26)/t18-/m0/s1. The van der Waals surface area contributed by atoms with Gasteiger partial charge >= 0.3 is 0 Å². The topological polar surface area (TPSA) is 100 Å². The second kappa shape index (κ2) is 9.73. The van der Waals surface area contributed by atoms with Crippen LogP contribution in [0.3, 0.4) is 0 Å². The molecule has 150 valence electrons. The number of benzene rings is 1. The lowest BCUT2D eigenvalue weighted by molar-refractivity contribution is -0.124. The maximum Gasteiger partial charge on any atom is 0.287 e. The second-order valence-corrected chi connectivity index (χ2v) is 7.23. The maximum absolute atomic E-state index is 12.5. The van der Waals surface area contributed by atoms with Gasteiger partial charge in [0.1, 0.15) is 6.04 Å². The molecule has 1 aromatic heterocycles. The number of amides is 3. The molecule has 2 rings (SSSR count). The van der Waals surface area contributed by atoms with Crippen molar-refractivity contribution in [2.24, 2.45) is 11.8 Å². The fourth-order valence-corrected chi connectivity index (χ4v) is 2.45. The van der Waals surface area contributed by atoms with E-state index in [1.807, 2.05) is 39.8 Å². The predicted octanol–water partition coefficient (Wildman–Crippen LogP) is 2.94. The molecule has 0 unspecified atom stereocenters. The van der Waals surface area contributed by atoms with E-state index in [9.17, 15) is 14.4 Å². The molecule has 3 amide bonds. The summed E-state index contributed by atoms with van der Waals surface area (Å²) in [5, 5.41) is 8.36. The Morgan fingerprint density at radius 1 is 0.964 bits per heavy atom. The highest BCUT2D eigenvalue weighted by Gasteiger charge is 2.25. The number of hydrogen-bond donors (Lipinski definition) is 3. The first-order valence-corrected chi connectivity index (χ1v) is 9.29. The molecule has 7 heteroatoms. The average Bonchev–Trinajstić information content (AvgIpc) is 3.19. The molecule has 1 atom stereocenters. The molecule has 0 saturated carbocycles. The van der Waals surface area contributed by atoms with Crippen LogP contribution in [0.15, 0.2) is 47.1 Å². The van der Waals surface area contributed by atoms with E-state index in [0.29, 0.717) is 12.2 Å². The third-order valence-corrected chi connectivity index (χ3v) is 4.19. The first-order chi connectivity index (χ1) is 13.3. The molecule has 1 aromatic carbocycles. The normalized spacial score (nSPS) is 11.9. The van der Waals surface area contributed by atoms with Gasteiger partial charge in [-0.05, 0) is 35.7 Å². The Labute approximate surface area is 164 Å². The van der Waals surface area contributed by atoms with Crippen LogP contribution >= 0.6 is 0 Å². The second-order valence-electron chi connectivity index (χ2n) is 7.23. The number of nitrogens with one attached hydrogen (secondary N) is 3. The summed E-state index contributed by atoms with van der Waals surface area (Å²) >= 11 is 0. The third-order valence-electron chi connectivity index (χ3n) is 4.19. The van der Waals surface area contributed by atoms with Crippen LogP contribution in [0.1, 0.15) is 43.8 Å². The van der Waals surface area contributed by atoms with Gasteiger partial charge in [-0.1, -0.05) is 39.8 Å². The first-order valence-electron chi connectivity index (χ1n) is 9.29. The quantitative estimate of drug-likeness (QED) is 0.650. The van der Waals surface area contributed by atoms with Crippen LogP contribution in [0.25, 0.3) is 0 Å². The Morgan fingerprint density at radius 3 is 2.18 bits per heavy atom. The molecular weight excluding hydrogens is 358 g/mol. The highest BCUT2D eigenvalue weighted by Crippen LogP contribution is 2.11. The zero-order chi connectivity index (χ0) is 20.7. The molecule has 1 heterocycles. The summed E-state index contributed by atoms with van der Waals surface area (Å²) in [7, 11) is 0. The van der Waals surface area contributed by atoms with E-state index in [2.05, 4.69) is 16.0 Å². The summed E-state index contributed by atoms with van der Waals surface area (Å²) in [5.74, 6) is -0.766. The smallest absolute Gasteiger partial charge is 0.287 e. The highest BCUT2D eigenvalue weighted by atomic mass is 16.3. The zero-order valence-corrected chi connectivity index (χ0v) is 16.6. The summed E-state index contributed by atoms with van der Waals surface area (Å²) in [6.45, 7) is 7.69. The molecule has 0 aliphatic carbocycles. The molecule has 28 heavy (non-hydrogen) atoms. The molecule has 0 aliphatic heterocycles. The van der Waals surface area contributed by atoms with Gasteiger partial charge < -0.3 is 20.4 Å². The molecule has 3 N–H and O–H groups in total. The number of carbonyl (C=O) groups excluding carboxylic acids is 3. The maximum atomic E-state index is 12.5. The lowest BCUT2D eigenvalue weighted by Crippen LogP contribution is -2.49. The molecule has 0 fully saturated rings. The van der Waals surface area contributed by atoms with E-state index >= 15 is 0 Å². The Kier molecular flexibility index (Phi) is 7.37. The van der Waals surface area contributed by atoms with Crippen LogP contribution in [-0.4, -0.2) is 23.8 Å². The van der Waals surface area contributed by atoms with E-state index in [1.54, 1.807) is 24.3 Å². The van der Waals surface area contributed by atoms with Crippen molar-refractivity contribution in [3.8, 4) is 0 Å². The van der Waals surface area contributed by atoms with E-state index in [-0.39, 0.29) is 29.4 Å². The predicted molar refractivity (Wildman–Crippen MR) is 107 cm³/mol. The average molecular weight is 385 g/mol. The number of anilines is 1. The van der Waals surface area contributed by atoms with Gasteiger partial charge in [0, 0.05) is 18.2 Å². The Morgan fingerprint density at radius 2 is 1.64 bits per heavy atom. The van der Waals surface area contributed by atoms with Crippen LogP contribution < -0.4 is 16.0 Å². The number of rotatable bonds is 8. The minimum absolute atomic E-state index is 0.0480. The SMILES string of the molecule is CC(C)C(=O)Nc1ccc(CNC(=O)[C@@H](NC(=O)c2ccco2)C(C)C)cc1. The highest BCUT2D eigenvalue weighted by molar-refractivity contribution is 5.95. The van der Waals surface area contributed by atoms with Gasteiger partial charge in [-0.15, -0.1) is 0 Å². The fraction of sp³-hybridized carbons (Fsp3) is 0.381. The lowest BCUT2D eigenvalue weighted by Gasteiger charge is -2.21. The van der Waals surface area contributed by atoms with Crippen molar-refractivity contribution in [2.45, 2.75) is 40.3 Å². The molecule has 0 saturated heterocycles. The zero-order valence-electron chi connectivity index (χ0n) is 16.6. The number of furan rings is 1. The van der Waals surface area contributed by atoms with Gasteiger partial charge in [0.2, 0.25) is 11.8 Å². The van der Waals surface area contributed by atoms with Gasteiger partial charge in [-0.3, -0.25) is 14.4 Å². The van der Waals surface area contributed by atoms with Crippen LogP contribution in [0, 0.1) is 11.8 Å². The van der Waals surface area contributed by atoms with E-state index < -0.39 is 11.9 Å². The van der Waals surface area contributed by atoms with Crippen molar-refractivity contribution in [2.75, 3.05) is 5.32 Å². The molecule has 0 bridgehead atoms. The Bertz CT molecular complexity index is 796. The summed E-state index contributed by atoms with van der Waals surface area (Å²) in [4.78, 5) is 36.4. The first kappa shape index (κ1) is 21.2. The van der Waals surface area contributed by atoms with Crippen LogP contribution in [0.5, 0.6) is 0 Å². The summed E-state index contributed by atoms with van der Waals surface area (Å²) in [5.41, 5.74) is 1.59. The molecule has 7 nitrogen and oxygen atoms in total. The van der Waals surface area contributed by atoms with Crippen molar-refractivity contribution in [1.82, 2.24) is 10.6 Å². The molecule has 0 spiro atoms. The van der Waals surface area contributed by atoms with Gasteiger partial charge in [0.25, 0.3) is 5.91 Å². The molecule has 0 aliphatic rings. The molecular formula is C21H27N3O4. The van der Waals surface area contributed by atoms with E-state index in [4.69, 9.17) is 4.42 Å². The summed E-state index contributed by atoms with van der Waals surface area (Å²) in [6.07, 6.45) is 1.41. The Balaban J connectivity index is 1.91. The van der Waals surface area contributed by atoms with E-state index in [1.165, 1.54) is 6.26 Å². The summed E-state index contributed by atoms with van der Waals surface area (Å²) < 4.78 is 5.06. The number of hydrogen-bond acceptors (Lipinski definition) is 4. The molecule has 2 aromatic rings. The minimum atomic E-state index is -0.679. The molecule has 0 radical (unpaired) electrons. The van der Waals surface area contributed by atoms with Crippen LogP contribution in [0.2, 0.25) is 0 Å². The largest absolute Gasteiger partial charge is 0.459 e. The lowest BCUT2D eigenvalue weighted by atomic mass is 10.0. The van der Waals surface area contributed by atoms with Crippen molar-refractivity contribution >= 4 is 23.4 Å². The van der Waals surface area contributed by atoms with Crippen LogP contribution in [-0.2, 0) is 16.1 Å². The van der Waals surface area contributed by atoms with Crippen molar-refractivity contribution in [1.29, 1.82) is 0 Å². The monoisotopic (exact) mass is 385 g/mol. The van der Waals surface area contributed by atoms with Crippen molar-refractivity contribution in [3.05, 3.63) is 54.0 Å². The van der Waals surface area contributed by atoms with Gasteiger partial charge in [0.05, 0.1) is 6.26 Å². The van der Waals surface area contributed by atoms with Gasteiger partial charge in [-0.2, -0.15) is 0 Å². The van der Waals surface area contributed by atoms with Crippen molar-refractivity contribution < 1.29 is 18.8 Å². The number of carbonyl (C=O) groups is 3. The Hall–Kier alpha value is -3.09. The summed E-state index contributed by atoms with van der Waals surface area (Å²) in [6, 6.07) is 9.74. The minimum Gasteiger partial charge on any atom is -0.459 e. The van der Waals surface area contributed by atoms with Gasteiger partial charge in [0.15, 0.2) is 5.76 Å².